The van der Waals surface area contributed by atoms with Gasteiger partial charge >= 0.3 is 0 Å². The topological polar surface area (TPSA) is 0 Å². The first-order chi connectivity index (χ1) is 20.4. The second kappa shape index (κ2) is 13.8. The number of aryl methyl sites for hydroxylation is 4. The second-order valence-corrected chi connectivity index (χ2v) is 13.7. The maximum Gasteiger partial charge on any atom is 0.0714 e. The van der Waals surface area contributed by atoms with Crippen molar-refractivity contribution in [2.75, 3.05) is 0 Å². The molecule has 0 aromatic heterocycles. The van der Waals surface area contributed by atoms with E-state index in [1.165, 1.54) is 141 Å². The summed E-state index contributed by atoms with van der Waals surface area (Å²) in [5.41, 5.74) is 18.0. The van der Waals surface area contributed by atoms with Gasteiger partial charge in [0.2, 0.25) is 0 Å². The number of rotatable bonds is 17. The normalized spacial score (nSPS) is 16.6. The van der Waals surface area contributed by atoms with Crippen LogP contribution in [0.1, 0.15) is 145 Å². The molecule has 1 fully saturated rings. The van der Waals surface area contributed by atoms with Gasteiger partial charge in [-0.05, 0) is 121 Å². The van der Waals surface area contributed by atoms with Crippen LogP contribution in [0.25, 0.3) is 0 Å². The van der Waals surface area contributed by atoms with E-state index in [4.69, 9.17) is 0 Å². The van der Waals surface area contributed by atoms with Crippen LogP contribution in [0.4, 0.5) is 0 Å². The highest BCUT2D eigenvalue weighted by Crippen LogP contribution is 2.66. The molecule has 4 bridgehead atoms. The van der Waals surface area contributed by atoms with Gasteiger partial charge in [-0.25, -0.2) is 0 Å². The zero-order chi connectivity index (χ0) is 29.7. The number of unbranched alkanes of at least 4 members (excludes halogenated alkanes) is 9. The quantitative estimate of drug-likeness (QED) is 0.169. The third-order valence-electron chi connectivity index (χ3n) is 10.1. The lowest BCUT2D eigenvalue weighted by molar-refractivity contribution is 0.657. The average Bonchev–Trinajstić information content (AvgIpc) is 3.59. The molecule has 0 nitrogen and oxygen atoms in total. The molecule has 224 valence electrons. The van der Waals surface area contributed by atoms with Gasteiger partial charge in [0, 0.05) is 0 Å². The Bertz CT molecular complexity index is 1330. The molecule has 0 spiro atoms. The minimum atomic E-state index is -0.175. The molecule has 42 heavy (non-hydrogen) atoms. The fourth-order valence-electron chi connectivity index (χ4n) is 8.09. The van der Waals surface area contributed by atoms with E-state index in [1.807, 2.05) is 0 Å². The number of hydrogen-bond acceptors (Lipinski definition) is 0. The van der Waals surface area contributed by atoms with E-state index < -0.39 is 0 Å². The number of benzene rings is 2. The fourth-order valence-corrected chi connectivity index (χ4v) is 8.09. The van der Waals surface area contributed by atoms with Gasteiger partial charge in [0.1, 0.15) is 0 Å². The van der Waals surface area contributed by atoms with Crippen molar-refractivity contribution in [3.63, 3.8) is 0 Å². The Balaban J connectivity index is 1.62. The predicted molar refractivity (Wildman–Crippen MR) is 184 cm³/mol. The van der Waals surface area contributed by atoms with Crippen molar-refractivity contribution >= 4 is 0 Å². The number of hydrogen-bond donors (Lipinski definition) is 0. The molecular formula is C42H56. The van der Waals surface area contributed by atoms with Gasteiger partial charge in [0.25, 0.3) is 0 Å². The third-order valence-corrected chi connectivity index (χ3v) is 10.1. The smallest absolute Gasteiger partial charge is 0.0654 e. The summed E-state index contributed by atoms with van der Waals surface area (Å²) in [6, 6.07) is 15.4. The van der Waals surface area contributed by atoms with Crippen LogP contribution in [0.5, 0.6) is 0 Å². The maximum absolute atomic E-state index is 2.62. The van der Waals surface area contributed by atoms with E-state index in [2.05, 4.69) is 90.1 Å². The Labute approximate surface area is 258 Å². The van der Waals surface area contributed by atoms with Crippen molar-refractivity contribution in [1.82, 2.24) is 0 Å². The van der Waals surface area contributed by atoms with Gasteiger partial charge in [-0.15, -0.1) is 0 Å². The molecule has 0 radical (unpaired) electrons. The molecular weight excluding hydrogens is 504 g/mol. The number of allylic oxidation sites excluding steroid dienone is 8. The molecule has 0 atom stereocenters. The van der Waals surface area contributed by atoms with Gasteiger partial charge in [-0.1, -0.05) is 133 Å². The van der Waals surface area contributed by atoms with E-state index in [0.29, 0.717) is 0 Å². The maximum atomic E-state index is 2.62. The molecule has 0 aliphatic heterocycles. The highest BCUT2D eigenvalue weighted by Gasteiger charge is 2.56. The summed E-state index contributed by atoms with van der Waals surface area (Å²) in [7, 11) is 0. The minimum absolute atomic E-state index is 0.175. The molecule has 0 heteroatoms. The Kier molecular flexibility index (Phi) is 10.1. The zero-order valence-electron chi connectivity index (χ0n) is 27.7. The van der Waals surface area contributed by atoms with Crippen LogP contribution in [0, 0.1) is 6.92 Å². The molecule has 0 N–H and O–H groups in total. The van der Waals surface area contributed by atoms with Crippen molar-refractivity contribution < 1.29 is 0 Å². The van der Waals surface area contributed by atoms with Crippen molar-refractivity contribution in [2.45, 2.75) is 143 Å². The Morgan fingerprint density at radius 2 is 0.857 bits per heavy atom. The molecule has 0 saturated heterocycles. The van der Waals surface area contributed by atoms with Gasteiger partial charge in [-0.2, -0.15) is 0 Å². The van der Waals surface area contributed by atoms with Crippen LogP contribution >= 0.6 is 0 Å². The summed E-state index contributed by atoms with van der Waals surface area (Å²) in [5, 5.41) is 0. The fraction of sp³-hybridized carbons (Fsp3) is 0.524. The molecule has 2 aromatic rings. The Morgan fingerprint density at radius 3 is 1.29 bits per heavy atom. The molecule has 1 saturated carbocycles. The van der Waals surface area contributed by atoms with Crippen LogP contribution in [-0.2, 0) is 24.7 Å². The van der Waals surface area contributed by atoms with E-state index in [0.717, 1.165) is 0 Å². The van der Waals surface area contributed by atoms with Crippen molar-refractivity contribution in [3.05, 3.63) is 115 Å². The second-order valence-electron chi connectivity index (χ2n) is 13.7. The molecule has 0 unspecified atom stereocenters. The highest BCUT2D eigenvalue weighted by atomic mass is 14.6. The molecule has 0 amide bonds. The molecule has 2 aromatic carbocycles. The van der Waals surface area contributed by atoms with Gasteiger partial charge < -0.3 is 0 Å². The lowest BCUT2D eigenvalue weighted by Crippen LogP contribution is -2.31. The van der Waals surface area contributed by atoms with E-state index in [1.54, 1.807) is 22.3 Å². The summed E-state index contributed by atoms with van der Waals surface area (Å²) in [6.07, 6.45) is 24.5. The largest absolute Gasteiger partial charge is 0.0714 e. The summed E-state index contributed by atoms with van der Waals surface area (Å²) in [6.45, 7) is 13.9. The molecule has 0 heterocycles. The summed E-state index contributed by atoms with van der Waals surface area (Å²) < 4.78 is 0. The van der Waals surface area contributed by atoms with Crippen LogP contribution in [0.15, 0.2) is 82.0 Å². The van der Waals surface area contributed by atoms with Crippen LogP contribution in [-0.4, -0.2) is 0 Å². The molecule has 5 rings (SSSR count). The SMILES string of the molecule is CCCCCCc1cc(C)cc(C2(c3cc(CCCCCC)cc(CCCCCC)c3)C3=CC(C)=C4C2=CC(C)=C34)c1. The minimum Gasteiger partial charge on any atom is -0.0654 e. The van der Waals surface area contributed by atoms with Crippen LogP contribution < -0.4 is 0 Å². The zero-order valence-corrected chi connectivity index (χ0v) is 27.7. The molecule has 3 aliphatic rings. The summed E-state index contributed by atoms with van der Waals surface area (Å²) in [4.78, 5) is 0. The van der Waals surface area contributed by atoms with Gasteiger partial charge in [0.05, 0.1) is 5.41 Å². The van der Waals surface area contributed by atoms with Crippen LogP contribution in [0.2, 0.25) is 0 Å². The van der Waals surface area contributed by atoms with Crippen molar-refractivity contribution in [1.29, 1.82) is 0 Å². The van der Waals surface area contributed by atoms with Crippen molar-refractivity contribution in [2.24, 2.45) is 0 Å². The third kappa shape index (κ3) is 5.93. The Hall–Kier alpha value is -2.60. The lowest BCUT2D eigenvalue weighted by atomic mass is 9.63. The van der Waals surface area contributed by atoms with Gasteiger partial charge in [0.15, 0.2) is 0 Å². The summed E-state index contributed by atoms with van der Waals surface area (Å²) >= 11 is 0. The van der Waals surface area contributed by atoms with E-state index in [-0.39, 0.29) is 5.41 Å². The lowest BCUT2D eigenvalue weighted by Gasteiger charge is -2.38. The average molecular weight is 561 g/mol. The van der Waals surface area contributed by atoms with E-state index >= 15 is 0 Å². The summed E-state index contributed by atoms with van der Waals surface area (Å²) in [5.74, 6) is 0. The van der Waals surface area contributed by atoms with Crippen LogP contribution in [0.3, 0.4) is 0 Å². The van der Waals surface area contributed by atoms with E-state index in [9.17, 15) is 0 Å². The van der Waals surface area contributed by atoms with Gasteiger partial charge in [-0.3, -0.25) is 0 Å². The standard InChI is InChI=1S/C42H56/c1-7-10-13-16-19-33-22-30(4)23-36(27-33)42(38-24-31(5)40-39(42)25-32(6)41(38)40)37-28-34(20-17-14-11-8-2)26-35(29-37)21-18-15-12-9-3/h22-29H,7-21H2,1-6H3. The molecule has 3 aliphatic carbocycles. The first-order valence-electron chi connectivity index (χ1n) is 17.6. The highest BCUT2D eigenvalue weighted by molar-refractivity contribution is 5.90. The van der Waals surface area contributed by atoms with Crippen molar-refractivity contribution in [3.8, 4) is 0 Å². The monoisotopic (exact) mass is 560 g/mol. The Morgan fingerprint density at radius 1 is 0.452 bits per heavy atom. The first kappa shape index (κ1) is 30.8. The predicted octanol–water partition coefficient (Wildman–Crippen LogP) is 12.2. The first-order valence-corrected chi connectivity index (χ1v) is 17.6.